The quantitative estimate of drug-likeness (QED) is 0.660. The first kappa shape index (κ1) is 19.9. The second kappa shape index (κ2) is 10.5. The van der Waals surface area contributed by atoms with Crippen molar-refractivity contribution in [1.82, 2.24) is 15.6 Å². The molecule has 0 atom stereocenters. The van der Waals surface area contributed by atoms with Gasteiger partial charge < -0.3 is 15.4 Å². The van der Waals surface area contributed by atoms with E-state index in [0.717, 1.165) is 5.56 Å². The van der Waals surface area contributed by atoms with Gasteiger partial charge in [0.1, 0.15) is 11.4 Å². The number of benzene rings is 1. The molecule has 0 saturated heterocycles. The highest BCUT2D eigenvalue weighted by Crippen LogP contribution is 2.10. The van der Waals surface area contributed by atoms with Gasteiger partial charge in [0, 0.05) is 31.8 Å². The molecule has 1 aromatic heterocycles. The smallest absolute Gasteiger partial charge is 0.269 e. The third kappa shape index (κ3) is 6.46. The van der Waals surface area contributed by atoms with E-state index in [2.05, 4.69) is 15.6 Å². The Hall–Kier alpha value is -2.44. The Bertz CT molecular complexity index is 752. The van der Waals surface area contributed by atoms with Crippen LogP contribution in [-0.4, -0.2) is 43.6 Å². The van der Waals surface area contributed by atoms with Gasteiger partial charge in [0.15, 0.2) is 0 Å². The lowest BCUT2D eigenvalue weighted by Gasteiger charge is -2.07. The Balaban J connectivity index is 1.85. The third-order valence-electron chi connectivity index (χ3n) is 3.61. The molecule has 1 aromatic carbocycles. The van der Waals surface area contributed by atoms with Crippen molar-refractivity contribution < 1.29 is 14.3 Å². The molecule has 0 saturated carbocycles. The maximum atomic E-state index is 12.2. The molecule has 0 unspecified atom stereocenters. The van der Waals surface area contributed by atoms with Gasteiger partial charge in [-0.1, -0.05) is 29.8 Å². The molecule has 0 bridgehead atoms. The van der Waals surface area contributed by atoms with Crippen LogP contribution in [0.3, 0.4) is 0 Å². The van der Waals surface area contributed by atoms with Crippen LogP contribution in [0.2, 0.25) is 5.02 Å². The van der Waals surface area contributed by atoms with Crippen molar-refractivity contribution in [3.05, 3.63) is 64.4 Å². The van der Waals surface area contributed by atoms with E-state index < -0.39 is 0 Å². The van der Waals surface area contributed by atoms with Crippen LogP contribution in [0.15, 0.2) is 42.5 Å². The largest absolute Gasteiger partial charge is 0.385 e. The summed E-state index contributed by atoms with van der Waals surface area (Å²) >= 11 is 5.94. The molecule has 0 fully saturated rings. The summed E-state index contributed by atoms with van der Waals surface area (Å²) in [6, 6.07) is 12.3. The molecule has 138 valence electrons. The van der Waals surface area contributed by atoms with Crippen LogP contribution in [0.1, 0.15) is 33.0 Å². The van der Waals surface area contributed by atoms with Gasteiger partial charge in [0.05, 0.1) is 0 Å². The van der Waals surface area contributed by atoms with Crippen LogP contribution in [0.25, 0.3) is 0 Å². The molecule has 1 heterocycles. The van der Waals surface area contributed by atoms with E-state index in [4.69, 9.17) is 16.3 Å². The average molecular weight is 376 g/mol. The number of nitrogens with zero attached hydrogens (tertiary/aromatic N) is 1. The molecule has 0 aliphatic heterocycles. The van der Waals surface area contributed by atoms with Gasteiger partial charge in [-0.3, -0.25) is 9.59 Å². The number of aromatic nitrogens is 1. The summed E-state index contributed by atoms with van der Waals surface area (Å²) in [5.74, 6) is -0.629. The lowest BCUT2D eigenvalue weighted by molar-refractivity contribution is 0.0941. The molecule has 2 N–H and O–H groups in total. The van der Waals surface area contributed by atoms with Crippen LogP contribution >= 0.6 is 11.6 Å². The van der Waals surface area contributed by atoms with E-state index in [1.54, 1.807) is 31.4 Å². The number of ether oxygens (including phenoxy) is 1. The summed E-state index contributed by atoms with van der Waals surface area (Å²) < 4.78 is 4.93. The lowest BCUT2D eigenvalue weighted by Crippen LogP contribution is -2.29. The highest BCUT2D eigenvalue weighted by molar-refractivity contribution is 6.30. The topological polar surface area (TPSA) is 80.3 Å². The highest BCUT2D eigenvalue weighted by Gasteiger charge is 2.11. The molecule has 2 amide bonds. The monoisotopic (exact) mass is 375 g/mol. The Kier molecular flexibility index (Phi) is 8.05. The predicted octanol–water partition coefficient (Wildman–Crippen LogP) is 2.47. The van der Waals surface area contributed by atoms with Crippen LogP contribution in [0.4, 0.5) is 0 Å². The fourth-order valence-electron chi connectivity index (χ4n) is 2.30. The number of amides is 2. The first-order valence-corrected chi connectivity index (χ1v) is 8.75. The normalized spacial score (nSPS) is 10.4. The van der Waals surface area contributed by atoms with Gasteiger partial charge in [-0.25, -0.2) is 4.98 Å². The molecular weight excluding hydrogens is 354 g/mol. The number of carbonyl (C=O) groups excluding carboxylic acids is 2. The maximum Gasteiger partial charge on any atom is 0.269 e. The molecule has 7 heteroatoms. The zero-order valence-corrected chi connectivity index (χ0v) is 15.4. The Labute approximate surface area is 157 Å². The Morgan fingerprint density at radius 3 is 2.35 bits per heavy atom. The molecule has 0 aliphatic rings. The van der Waals surface area contributed by atoms with E-state index in [1.165, 1.54) is 0 Å². The number of halogens is 1. The second-order valence-electron chi connectivity index (χ2n) is 5.65. The predicted molar refractivity (Wildman–Crippen MR) is 101 cm³/mol. The molecule has 0 aliphatic carbocycles. The Morgan fingerprint density at radius 2 is 1.69 bits per heavy atom. The highest BCUT2D eigenvalue weighted by atomic mass is 35.5. The lowest BCUT2D eigenvalue weighted by atomic mass is 10.1. The van der Waals surface area contributed by atoms with E-state index in [1.807, 2.05) is 18.2 Å². The fourth-order valence-corrected chi connectivity index (χ4v) is 2.51. The third-order valence-corrected chi connectivity index (χ3v) is 3.85. The Morgan fingerprint density at radius 1 is 1.04 bits per heavy atom. The van der Waals surface area contributed by atoms with Gasteiger partial charge in [0.2, 0.25) is 0 Å². The van der Waals surface area contributed by atoms with Gasteiger partial charge in [-0.15, -0.1) is 0 Å². The molecule has 0 spiro atoms. The van der Waals surface area contributed by atoms with E-state index in [-0.39, 0.29) is 23.2 Å². The van der Waals surface area contributed by atoms with E-state index in [9.17, 15) is 9.59 Å². The van der Waals surface area contributed by atoms with Crippen LogP contribution in [0, 0.1) is 0 Å². The van der Waals surface area contributed by atoms with Gasteiger partial charge in [-0.2, -0.15) is 0 Å². The van der Waals surface area contributed by atoms with Crippen molar-refractivity contribution in [1.29, 1.82) is 0 Å². The van der Waals surface area contributed by atoms with Crippen molar-refractivity contribution in [3.8, 4) is 0 Å². The standard InChI is InChI=1S/C19H22ClN3O3/c1-26-12-4-10-21-18(24)16-7-3-8-17(23-16)19(25)22-11-9-14-5-2-6-15(20)13-14/h2-3,5-8,13H,4,9-12H2,1H3,(H,21,24)(H,22,25). The summed E-state index contributed by atoms with van der Waals surface area (Å²) in [5.41, 5.74) is 1.46. The van der Waals surface area contributed by atoms with Gasteiger partial charge in [0.25, 0.3) is 11.8 Å². The first-order chi connectivity index (χ1) is 12.6. The maximum absolute atomic E-state index is 12.2. The second-order valence-corrected chi connectivity index (χ2v) is 6.08. The summed E-state index contributed by atoms with van der Waals surface area (Å²) in [6.45, 7) is 1.52. The molecule has 26 heavy (non-hydrogen) atoms. The van der Waals surface area contributed by atoms with Crippen molar-refractivity contribution in [2.75, 3.05) is 26.8 Å². The van der Waals surface area contributed by atoms with Gasteiger partial charge >= 0.3 is 0 Å². The number of rotatable bonds is 9. The number of hydrogen-bond acceptors (Lipinski definition) is 4. The minimum atomic E-state index is -0.318. The van der Waals surface area contributed by atoms with E-state index in [0.29, 0.717) is 37.6 Å². The molecule has 0 radical (unpaired) electrons. The number of carbonyl (C=O) groups is 2. The van der Waals surface area contributed by atoms with Crippen molar-refractivity contribution >= 4 is 23.4 Å². The van der Waals surface area contributed by atoms with Crippen LogP contribution < -0.4 is 10.6 Å². The van der Waals surface area contributed by atoms with Crippen molar-refractivity contribution in [2.24, 2.45) is 0 Å². The minimum absolute atomic E-state index is 0.209. The average Bonchev–Trinajstić information content (AvgIpc) is 2.65. The fraction of sp³-hybridized carbons (Fsp3) is 0.316. The molecule has 2 aromatic rings. The van der Waals surface area contributed by atoms with Crippen molar-refractivity contribution in [3.63, 3.8) is 0 Å². The van der Waals surface area contributed by atoms with Crippen molar-refractivity contribution in [2.45, 2.75) is 12.8 Å². The van der Waals surface area contributed by atoms with Crippen LogP contribution in [0.5, 0.6) is 0 Å². The zero-order valence-electron chi connectivity index (χ0n) is 14.6. The first-order valence-electron chi connectivity index (χ1n) is 8.37. The summed E-state index contributed by atoms with van der Waals surface area (Å²) in [5, 5.41) is 6.21. The summed E-state index contributed by atoms with van der Waals surface area (Å²) in [4.78, 5) is 28.4. The van der Waals surface area contributed by atoms with E-state index >= 15 is 0 Å². The van der Waals surface area contributed by atoms with Crippen LogP contribution in [-0.2, 0) is 11.2 Å². The summed E-state index contributed by atoms with van der Waals surface area (Å²) in [6.07, 6.45) is 1.37. The SMILES string of the molecule is COCCCNC(=O)c1cccc(C(=O)NCCc2cccc(Cl)c2)n1. The zero-order chi connectivity index (χ0) is 18.8. The number of methoxy groups -OCH3 is 1. The number of pyridine rings is 1. The van der Waals surface area contributed by atoms with Gasteiger partial charge in [-0.05, 0) is 42.7 Å². The molecular formula is C19H22ClN3O3. The minimum Gasteiger partial charge on any atom is -0.385 e. The summed E-state index contributed by atoms with van der Waals surface area (Å²) in [7, 11) is 1.61. The number of nitrogens with one attached hydrogen (secondary N) is 2. The molecule has 6 nitrogen and oxygen atoms in total. The molecule has 2 rings (SSSR count). The number of hydrogen-bond donors (Lipinski definition) is 2.